The smallest absolute Gasteiger partial charge is 0.363 e. The van der Waals surface area contributed by atoms with Crippen molar-refractivity contribution in [1.82, 2.24) is 9.97 Å². The van der Waals surface area contributed by atoms with E-state index in [9.17, 15) is 10.1 Å². The summed E-state index contributed by atoms with van der Waals surface area (Å²) in [5, 5.41) is 13.6. The molecule has 6 nitrogen and oxygen atoms in total. The van der Waals surface area contributed by atoms with E-state index in [-0.39, 0.29) is 11.9 Å². The lowest BCUT2D eigenvalue weighted by Gasteiger charge is -2.13. The van der Waals surface area contributed by atoms with Gasteiger partial charge in [-0.1, -0.05) is 6.07 Å². The van der Waals surface area contributed by atoms with Crippen LogP contribution in [-0.2, 0) is 0 Å². The molecule has 0 fully saturated rings. The minimum atomic E-state index is -0.522. The number of pyridine rings is 2. The molecule has 18 heavy (non-hydrogen) atoms. The van der Waals surface area contributed by atoms with Gasteiger partial charge in [-0.25, -0.2) is 0 Å². The predicted octanol–water partition coefficient (Wildman–Crippen LogP) is 2.56. The standard InChI is InChI=1S/C12H12N4O2/c1-9(11-4-2-3-7-13-11)15-10-5-6-12(14-8-10)16(17)18/h2-9,15H,1H3. The van der Waals surface area contributed by atoms with Crippen molar-refractivity contribution in [2.75, 3.05) is 5.32 Å². The van der Waals surface area contributed by atoms with Crippen LogP contribution >= 0.6 is 0 Å². The van der Waals surface area contributed by atoms with Gasteiger partial charge in [-0.2, -0.15) is 0 Å². The van der Waals surface area contributed by atoms with E-state index in [4.69, 9.17) is 0 Å². The van der Waals surface area contributed by atoms with Gasteiger partial charge in [0.15, 0.2) is 6.20 Å². The maximum absolute atomic E-state index is 10.5. The highest BCUT2D eigenvalue weighted by Gasteiger charge is 2.09. The SMILES string of the molecule is CC(Nc1ccc([N+](=O)[O-])nc1)c1ccccn1. The molecule has 2 heterocycles. The van der Waals surface area contributed by atoms with Crippen LogP contribution in [0.5, 0.6) is 0 Å². The average Bonchev–Trinajstić information content (AvgIpc) is 2.40. The number of hydrogen-bond acceptors (Lipinski definition) is 5. The van der Waals surface area contributed by atoms with Gasteiger partial charge >= 0.3 is 5.82 Å². The Labute approximate surface area is 104 Å². The summed E-state index contributed by atoms with van der Waals surface area (Å²) in [6, 6.07) is 8.68. The number of hydrogen-bond donors (Lipinski definition) is 1. The zero-order chi connectivity index (χ0) is 13.0. The molecule has 1 atom stereocenters. The number of nitro groups is 1. The molecular weight excluding hydrogens is 232 g/mol. The first-order valence-corrected chi connectivity index (χ1v) is 5.45. The van der Waals surface area contributed by atoms with Crippen LogP contribution in [-0.4, -0.2) is 14.9 Å². The van der Waals surface area contributed by atoms with Crippen LogP contribution in [0.2, 0.25) is 0 Å². The lowest BCUT2D eigenvalue weighted by atomic mass is 10.2. The van der Waals surface area contributed by atoms with Crippen molar-refractivity contribution >= 4 is 11.5 Å². The molecule has 0 radical (unpaired) electrons. The van der Waals surface area contributed by atoms with E-state index < -0.39 is 4.92 Å². The third-order valence-electron chi connectivity index (χ3n) is 2.45. The average molecular weight is 244 g/mol. The maximum Gasteiger partial charge on any atom is 0.363 e. The van der Waals surface area contributed by atoms with Crippen molar-refractivity contribution in [3.8, 4) is 0 Å². The van der Waals surface area contributed by atoms with Gasteiger partial charge in [0.05, 0.1) is 17.4 Å². The molecule has 0 aromatic carbocycles. The fourth-order valence-electron chi connectivity index (χ4n) is 1.54. The van der Waals surface area contributed by atoms with E-state index in [1.165, 1.54) is 12.3 Å². The quantitative estimate of drug-likeness (QED) is 0.660. The second-order valence-corrected chi connectivity index (χ2v) is 3.78. The molecular formula is C12H12N4O2. The Morgan fingerprint density at radius 1 is 1.28 bits per heavy atom. The highest BCUT2D eigenvalue weighted by Crippen LogP contribution is 2.18. The number of nitrogens with one attached hydrogen (secondary N) is 1. The van der Waals surface area contributed by atoms with E-state index in [0.29, 0.717) is 0 Å². The summed E-state index contributed by atoms with van der Waals surface area (Å²) in [4.78, 5) is 17.9. The van der Waals surface area contributed by atoms with Crippen LogP contribution in [0.1, 0.15) is 18.7 Å². The molecule has 0 saturated carbocycles. The van der Waals surface area contributed by atoms with E-state index in [2.05, 4.69) is 15.3 Å². The fraction of sp³-hybridized carbons (Fsp3) is 0.167. The monoisotopic (exact) mass is 244 g/mol. The molecule has 0 aliphatic carbocycles. The van der Waals surface area contributed by atoms with Gasteiger partial charge in [-0.05, 0) is 35.0 Å². The zero-order valence-corrected chi connectivity index (χ0v) is 9.78. The van der Waals surface area contributed by atoms with Crippen LogP contribution in [0.15, 0.2) is 42.7 Å². The Hall–Kier alpha value is -2.50. The molecule has 1 N–H and O–H groups in total. The number of rotatable bonds is 4. The van der Waals surface area contributed by atoms with Gasteiger partial charge in [0.1, 0.15) is 0 Å². The van der Waals surface area contributed by atoms with Gasteiger partial charge in [-0.3, -0.25) is 4.98 Å². The van der Waals surface area contributed by atoms with Crippen LogP contribution in [0.4, 0.5) is 11.5 Å². The Morgan fingerprint density at radius 2 is 2.11 bits per heavy atom. The van der Waals surface area contributed by atoms with E-state index in [1.54, 1.807) is 12.3 Å². The molecule has 0 aliphatic heterocycles. The first-order chi connectivity index (χ1) is 8.66. The summed E-state index contributed by atoms with van der Waals surface area (Å²) in [7, 11) is 0. The van der Waals surface area contributed by atoms with Crippen molar-refractivity contribution in [3.63, 3.8) is 0 Å². The fourth-order valence-corrected chi connectivity index (χ4v) is 1.54. The molecule has 0 spiro atoms. The van der Waals surface area contributed by atoms with Crippen LogP contribution in [0.25, 0.3) is 0 Å². The van der Waals surface area contributed by atoms with Gasteiger partial charge < -0.3 is 15.4 Å². The van der Waals surface area contributed by atoms with E-state index >= 15 is 0 Å². The molecule has 2 aromatic heterocycles. The Balaban J connectivity index is 2.08. The minimum absolute atomic E-state index is 0.00876. The van der Waals surface area contributed by atoms with Gasteiger partial charge in [-0.15, -0.1) is 0 Å². The summed E-state index contributed by atoms with van der Waals surface area (Å²) in [6.07, 6.45) is 3.17. The normalized spacial score (nSPS) is 11.8. The first kappa shape index (κ1) is 12.0. The number of aromatic nitrogens is 2. The summed E-state index contributed by atoms with van der Waals surface area (Å²) in [5.74, 6) is -0.161. The summed E-state index contributed by atoms with van der Waals surface area (Å²) in [5.41, 5.74) is 1.62. The first-order valence-electron chi connectivity index (χ1n) is 5.45. The summed E-state index contributed by atoms with van der Waals surface area (Å²) in [6.45, 7) is 1.96. The predicted molar refractivity (Wildman–Crippen MR) is 67.2 cm³/mol. The Kier molecular flexibility index (Phi) is 3.47. The van der Waals surface area contributed by atoms with Gasteiger partial charge in [0, 0.05) is 12.3 Å². The van der Waals surface area contributed by atoms with Crippen LogP contribution < -0.4 is 5.32 Å². The maximum atomic E-state index is 10.5. The second-order valence-electron chi connectivity index (χ2n) is 3.78. The third-order valence-corrected chi connectivity index (χ3v) is 2.45. The highest BCUT2D eigenvalue weighted by molar-refractivity contribution is 5.44. The molecule has 0 bridgehead atoms. The number of anilines is 1. The van der Waals surface area contributed by atoms with Crippen molar-refractivity contribution in [2.45, 2.75) is 13.0 Å². The molecule has 0 amide bonds. The zero-order valence-electron chi connectivity index (χ0n) is 9.78. The topological polar surface area (TPSA) is 81.0 Å². The Morgan fingerprint density at radius 3 is 2.67 bits per heavy atom. The molecule has 1 unspecified atom stereocenters. The largest absolute Gasteiger partial charge is 0.374 e. The second kappa shape index (κ2) is 5.22. The molecule has 0 aliphatic rings. The highest BCUT2D eigenvalue weighted by atomic mass is 16.6. The lowest BCUT2D eigenvalue weighted by Crippen LogP contribution is -2.08. The minimum Gasteiger partial charge on any atom is -0.374 e. The van der Waals surface area contributed by atoms with Crippen molar-refractivity contribution in [1.29, 1.82) is 0 Å². The van der Waals surface area contributed by atoms with Gasteiger partial charge in [0.25, 0.3) is 0 Å². The lowest BCUT2D eigenvalue weighted by molar-refractivity contribution is -0.389. The van der Waals surface area contributed by atoms with Crippen LogP contribution in [0, 0.1) is 10.1 Å². The van der Waals surface area contributed by atoms with Crippen molar-refractivity contribution in [3.05, 3.63) is 58.5 Å². The van der Waals surface area contributed by atoms with Crippen LogP contribution in [0.3, 0.4) is 0 Å². The summed E-state index contributed by atoms with van der Waals surface area (Å²) >= 11 is 0. The number of nitrogens with zero attached hydrogens (tertiary/aromatic N) is 3. The van der Waals surface area contributed by atoms with E-state index in [1.807, 2.05) is 25.1 Å². The molecule has 2 aromatic rings. The molecule has 6 heteroatoms. The van der Waals surface area contributed by atoms with E-state index in [0.717, 1.165) is 11.4 Å². The van der Waals surface area contributed by atoms with Gasteiger partial charge in [0.2, 0.25) is 0 Å². The third kappa shape index (κ3) is 2.79. The molecule has 0 saturated heterocycles. The van der Waals surface area contributed by atoms with Crippen molar-refractivity contribution < 1.29 is 4.92 Å². The molecule has 92 valence electrons. The summed E-state index contributed by atoms with van der Waals surface area (Å²) < 4.78 is 0. The Bertz CT molecular complexity index is 528. The molecule has 2 rings (SSSR count). The van der Waals surface area contributed by atoms with Crippen molar-refractivity contribution in [2.24, 2.45) is 0 Å².